The van der Waals surface area contributed by atoms with Crippen LogP contribution in [-0.2, 0) is 15.0 Å². The standard InChI is InChI=1S/C21H30N4O3S/c1-15-7-9-17(10-8-15)19-22-20(26)21(23-19)11-13-25(14-12-21)29(27,28)24-18-6-4-3-5-16(18)2/h3-6,15,17,24H,7-14H2,1-2H3,(H,22,23,26). The molecule has 0 aromatic heterocycles. The van der Waals surface area contributed by atoms with Crippen LogP contribution in [0.2, 0.25) is 0 Å². The first-order chi connectivity index (χ1) is 13.8. The van der Waals surface area contributed by atoms with Gasteiger partial charge in [0.15, 0.2) is 0 Å². The molecule has 1 aliphatic carbocycles. The van der Waals surface area contributed by atoms with Gasteiger partial charge in [0, 0.05) is 19.0 Å². The number of nitrogens with zero attached hydrogens (tertiary/aromatic N) is 2. The fourth-order valence-electron chi connectivity index (χ4n) is 4.60. The molecule has 2 fully saturated rings. The van der Waals surface area contributed by atoms with Gasteiger partial charge in [0.05, 0.1) is 5.69 Å². The molecule has 1 saturated carbocycles. The van der Waals surface area contributed by atoms with Crippen LogP contribution >= 0.6 is 0 Å². The van der Waals surface area contributed by atoms with Crippen LogP contribution in [-0.4, -0.2) is 43.1 Å². The fraction of sp³-hybridized carbons (Fsp3) is 0.619. The van der Waals surface area contributed by atoms with Gasteiger partial charge >= 0.3 is 10.2 Å². The van der Waals surface area contributed by atoms with Crippen molar-refractivity contribution in [2.45, 2.75) is 57.9 Å². The van der Waals surface area contributed by atoms with Crippen LogP contribution in [0.15, 0.2) is 29.3 Å². The van der Waals surface area contributed by atoms with Crippen molar-refractivity contribution in [3.8, 4) is 0 Å². The minimum absolute atomic E-state index is 0.0602. The zero-order valence-electron chi connectivity index (χ0n) is 17.1. The highest BCUT2D eigenvalue weighted by Gasteiger charge is 2.48. The van der Waals surface area contributed by atoms with Gasteiger partial charge in [-0.15, -0.1) is 0 Å². The molecular formula is C21H30N4O3S. The SMILES string of the molecule is Cc1ccccc1NS(=O)(=O)N1CCC2(CC1)N=C(C1CCC(C)CC1)NC2=O. The minimum Gasteiger partial charge on any atom is -0.312 e. The number of amides is 1. The normalized spacial score (nSPS) is 27.5. The number of piperidine rings is 1. The third-order valence-electron chi connectivity index (χ3n) is 6.67. The summed E-state index contributed by atoms with van der Waals surface area (Å²) in [5, 5.41) is 3.03. The summed E-state index contributed by atoms with van der Waals surface area (Å²) >= 11 is 0. The highest BCUT2D eigenvalue weighted by Crippen LogP contribution is 2.36. The molecule has 0 unspecified atom stereocenters. The number of aliphatic imine (C=N–C) groups is 1. The van der Waals surface area contributed by atoms with Gasteiger partial charge in [0.1, 0.15) is 11.4 Å². The van der Waals surface area contributed by atoms with Crippen LogP contribution in [0.25, 0.3) is 0 Å². The molecule has 1 saturated heterocycles. The van der Waals surface area contributed by atoms with Crippen LogP contribution in [0.4, 0.5) is 5.69 Å². The zero-order valence-corrected chi connectivity index (χ0v) is 18.0. The van der Waals surface area contributed by atoms with Crippen LogP contribution in [0, 0.1) is 18.8 Å². The van der Waals surface area contributed by atoms with E-state index in [-0.39, 0.29) is 19.0 Å². The minimum atomic E-state index is -3.66. The molecule has 2 heterocycles. The van der Waals surface area contributed by atoms with E-state index in [0.29, 0.717) is 24.4 Å². The predicted octanol–water partition coefficient (Wildman–Crippen LogP) is 2.84. The first-order valence-corrected chi connectivity index (χ1v) is 12.0. The topological polar surface area (TPSA) is 90.9 Å². The van der Waals surface area contributed by atoms with Crippen molar-refractivity contribution < 1.29 is 13.2 Å². The molecule has 1 spiro atoms. The van der Waals surface area contributed by atoms with Crippen molar-refractivity contribution in [3.63, 3.8) is 0 Å². The summed E-state index contributed by atoms with van der Waals surface area (Å²) in [7, 11) is -3.66. The zero-order chi connectivity index (χ0) is 20.6. The molecule has 2 N–H and O–H groups in total. The highest BCUT2D eigenvalue weighted by atomic mass is 32.2. The van der Waals surface area contributed by atoms with Gasteiger partial charge in [-0.3, -0.25) is 14.5 Å². The smallest absolute Gasteiger partial charge is 0.301 e. The summed E-state index contributed by atoms with van der Waals surface area (Å²) < 4.78 is 29.7. The van der Waals surface area contributed by atoms with Crippen molar-refractivity contribution in [2.24, 2.45) is 16.8 Å². The lowest BCUT2D eigenvalue weighted by Gasteiger charge is -2.34. The molecule has 29 heavy (non-hydrogen) atoms. The molecule has 0 bridgehead atoms. The number of rotatable bonds is 4. The second-order valence-corrected chi connectivity index (χ2v) is 10.4. The van der Waals surface area contributed by atoms with E-state index in [9.17, 15) is 13.2 Å². The maximum absolute atomic E-state index is 12.8. The Bertz CT molecular complexity index is 912. The van der Waals surface area contributed by atoms with E-state index in [0.717, 1.165) is 30.2 Å². The van der Waals surface area contributed by atoms with Crippen molar-refractivity contribution in [3.05, 3.63) is 29.8 Å². The highest BCUT2D eigenvalue weighted by molar-refractivity contribution is 7.90. The summed E-state index contributed by atoms with van der Waals surface area (Å²) in [6.45, 7) is 4.71. The number of hydrogen-bond acceptors (Lipinski definition) is 4. The van der Waals surface area contributed by atoms with Gasteiger partial charge in [0.2, 0.25) is 0 Å². The average Bonchev–Trinajstić information content (AvgIpc) is 3.00. The van der Waals surface area contributed by atoms with E-state index in [2.05, 4.69) is 17.0 Å². The van der Waals surface area contributed by atoms with Gasteiger partial charge in [-0.25, -0.2) is 0 Å². The van der Waals surface area contributed by atoms with Crippen LogP contribution in [0.3, 0.4) is 0 Å². The summed E-state index contributed by atoms with van der Waals surface area (Å²) in [6, 6.07) is 7.30. The van der Waals surface area contributed by atoms with E-state index < -0.39 is 15.7 Å². The van der Waals surface area contributed by atoms with Gasteiger partial charge in [-0.05, 0) is 50.2 Å². The average molecular weight is 419 g/mol. The lowest BCUT2D eigenvalue weighted by atomic mass is 9.82. The third kappa shape index (κ3) is 4.05. The Kier molecular flexibility index (Phi) is 5.42. The second-order valence-electron chi connectivity index (χ2n) is 8.76. The van der Waals surface area contributed by atoms with Crippen LogP contribution in [0.5, 0.6) is 0 Å². The molecule has 8 heteroatoms. The Morgan fingerprint density at radius 3 is 2.45 bits per heavy atom. The Hall–Kier alpha value is -1.93. The van der Waals surface area contributed by atoms with E-state index >= 15 is 0 Å². The molecule has 0 radical (unpaired) electrons. The molecule has 158 valence electrons. The van der Waals surface area contributed by atoms with Gasteiger partial charge in [-0.1, -0.05) is 38.0 Å². The summed E-state index contributed by atoms with van der Waals surface area (Å²) in [5.41, 5.74) is 0.654. The van der Waals surface area contributed by atoms with E-state index in [4.69, 9.17) is 4.99 Å². The molecular weight excluding hydrogens is 388 g/mol. The number of benzene rings is 1. The Morgan fingerprint density at radius 1 is 1.14 bits per heavy atom. The van der Waals surface area contributed by atoms with E-state index in [1.807, 2.05) is 19.1 Å². The quantitative estimate of drug-likeness (QED) is 0.788. The lowest BCUT2D eigenvalue weighted by Crippen LogP contribution is -2.51. The monoisotopic (exact) mass is 418 g/mol. The third-order valence-corrected chi connectivity index (χ3v) is 8.20. The van der Waals surface area contributed by atoms with Gasteiger partial charge in [0.25, 0.3) is 5.91 Å². The number of anilines is 1. The summed E-state index contributed by atoms with van der Waals surface area (Å²) in [4.78, 5) is 17.6. The molecule has 1 amide bonds. The molecule has 0 atom stereocenters. The van der Waals surface area contributed by atoms with Crippen molar-refractivity contribution in [2.75, 3.05) is 17.8 Å². The number of carbonyl (C=O) groups excluding carboxylic acids is 1. The summed E-state index contributed by atoms with van der Waals surface area (Å²) in [5.74, 6) is 1.84. The van der Waals surface area contributed by atoms with Crippen LogP contribution in [0.1, 0.15) is 51.0 Å². The van der Waals surface area contributed by atoms with Crippen molar-refractivity contribution in [1.29, 1.82) is 0 Å². The fourth-order valence-corrected chi connectivity index (χ4v) is 5.89. The van der Waals surface area contributed by atoms with Gasteiger partial charge in [-0.2, -0.15) is 12.7 Å². The molecule has 4 rings (SSSR count). The Labute approximate surface area is 173 Å². The first kappa shape index (κ1) is 20.3. The largest absolute Gasteiger partial charge is 0.312 e. The number of carbonyl (C=O) groups is 1. The van der Waals surface area contributed by atoms with Crippen molar-refractivity contribution >= 4 is 27.6 Å². The Morgan fingerprint density at radius 2 is 1.79 bits per heavy atom. The summed E-state index contributed by atoms with van der Waals surface area (Å²) in [6.07, 6.45) is 5.31. The molecule has 3 aliphatic rings. The number of hydrogen-bond donors (Lipinski definition) is 2. The maximum atomic E-state index is 12.8. The number of nitrogens with one attached hydrogen (secondary N) is 2. The molecule has 1 aromatic rings. The number of amidine groups is 1. The lowest BCUT2D eigenvalue weighted by molar-refractivity contribution is -0.125. The molecule has 1 aromatic carbocycles. The maximum Gasteiger partial charge on any atom is 0.301 e. The van der Waals surface area contributed by atoms with E-state index in [1.54, 1.807) is 12.1 Å². The molecule has 7 nitrogen and oxygen atoms in total. The van der Waals surface area contributed by atoms with Crippen molar-refractivity contribution in [1.82, 2.24) is 9.62 Å². The van der Waals surface area contributed by atoms with Gasteiger partial charge < -0.3 is 5.32 Å². The number of aryl methyl sites for hydroxylation is 1. The number of para-hydroxylation sites is 1. The Balaban J connectivity index is 1.43. The van der Waals surface area contributed by atoms with E-state index in [1.165, 1.54) is 17.1 Å². The predicted molar refractivity (Wildman–Crippen MR) is 114 cm³/mol. The second kappa shape index (κ2) is 7.72. The first-order valence-electron chi connectivity index (χ1n) is 10.5. The molecule has 2 aliphatic heterocycles. The van der Waals surface area contributed by atoms with Crippen LogP contribution < -0.4 is 10.0 Å².